The summed E-state index contributed by atoms with van der Waals surface area (Å²) in [6.45, 7) is 4.25. The molecule has 9 heteroatoms. The zero-order valence-electron chi connectivity index (χ0n) is 17.0. The smallest absolute Gasteiger partial charge is 0.296 e. The molecule has 1 atom stereocenters. The maximum atomic E-state index is 12.1. The second-order valence-electron chi connectivity index (χ2n) is 6.54. The van der Waals surface area contributed by atoms with Gasteiger partial charge in [-0.3, -0.25) is 8.98 Å². The van der Waals surface area contributed by atoms with Crippen LogP contribution < -0.4 is 10.1 Å². The minimum atomic E-state index is -3.90. The number of aliphatic hydroxyl groups is 1. The van der Waals surface area contributed by atoms with Crippen LogP contribution in [-0.4, -0.2) is 52.0 Å². The standard InChI is InChI=1S/C21H27NO7S/c1-3-27-14-18(23)15-28-19-8-6-17(7-9-19)22-21(24)12-13-29-30(25,26)20-10-4-16(2)5-11-20/h4-11,18,23H,3,12-15H2,1-2H3,(H,22,24). The number of benzene rings is 2. The minimum Gasteiger partial charge on any atom is -0.491 e. The van der Waals surface area contributed by atoms with E-state index in [2.05, 4.69) is 5.32 Å². The van der Waals surface area contributed by atoms with Gasteiger partial charge in [0.2, 0.25) is 5.91 Å². The van der Waals surface area contributed by atoms with E-state index in [1.54, 1.807) is 36.4 Å². The van der Waals surface area contributed by atoms with Gasteiger partial charge in [0, 0.05) is 12.3 Å². The van der Waals surface area contributed by atoms with Gasteiger partial charge in [-0.05, 0) is 50.2 Å². The summed E-state index contributed by atoms with van der Waals surface area (Å²) in [7, 11) is -3.90. The predicted molar refractivity (Wildman–Crippen MR) is 112 cm³/mol. The van der Waals surface area contributed by atoms with Gasteiger partial charge in [-0.2, -0.15) is 8.42 Å². The van der Waals surface area contributed by atoms with Crippen LogP contribution in [0.1, 0.15) is 18.9 Å². The zero-order chi connectivity index (χ0) is 22.0. The highest BCUT2D eigenvalue weighted by Gasteiger charge is 2.15. The summed E-state index contributed by atoms with van der Waals surface area (Å²) in [4.78, 5) is 12.1. The second-order valence-corrected chi connectivity index (χ2v) is 8.15. The van der Waals surface area contributed by atoms with Crippen LogP contribution in [0.25, 0.3) is 0 Å². The first kappa shape index (κ1) is 23.8. The van der Waals surface area contributed by atoms with Gasteiger partial charge in [0.15, 0.2) is 0 Å². The summed E-state index contributed by atoms with van der Waals surface area (Å²) in [6.07, 6.45) is -0.840. The van der Waals surface area contributed by atoms with E-state index < -0.39 is 16.2 Å². The molecule has 2 aromatic carbocycles. The van der Waals surface area contributed by atoms with Crippen molar-refractivity contribution in [1.29, 1.82) is 0 Å². The molecule has 0 aliphatic carbocycles. The van der Waals surface area contributed by atoms with Crippen LogP contribution >= 0.6 is 0 Å². The average molecular weight is 438 g/mol. The molecule has 0 fully saturated rings. The van der Waals surface area contributed by atoms with Crippen LogP contribution in [0.15, 0.2) is 53.4 Å². The molecule has 2 rings (SSSR count). The molecule has 2 N–H and O–H groups in total. The Hall–Kier alpha value is -2.46. The SMILES string of the molecule is CCOCC(O)COc1ccc(NC(=O)CCOS(=O)(=O)c2ccc(C)cc2)cc1. The van der Waals surface area contributed by atoms with Crippen molar-refractivity contribution >= 4 is 21.7 Å². The molecule has 1 amide bonds. The lowest BCUT2D eigenvalue weighted by Crippen LogP contribution is -2.23. The van der Waals surface area contributed by atoms with E-state index in [4.69, 9.17) is 13.7 Å². The molecule has 8 nitrogen and oxygen atoms in total. The van der Waals surface area contributed by atoms with Crippen LogP contribution in [0.5, 0.6) is 5.75 Å². The normalized spacial score (nSPS) is 12.4. The summed E-state index contributed by atoms with van der Waals surface area (Å²) >= 11 is 0. The highest BCUT2D eigenvalue weighted by atomic mass is 32.2. The first-order chi connectivity index (χ1) is 14.3. The fourth-order valence-corrected chi connectivity index (χ4v) is 3.28. The number of hydrogen-bond acceptors (Lipinski definition) is 7. The Labute approximate surface area is 176 Å². The lowest BCUT2D eigenvalue weighted by molar-refractivity contribution is -0.116. The van der Waals surface area contributed by atoms with Gasteiger partial charge in [0.25, 0.3) is 10.1 Å². The Morgan fingerprint density at radius 1 is 1.07 bits per heavy atom. The summed E-state index contributed by atoms with van der Waals surface area (Å²) in [6, 6.07) is 12.9. The van der Waals surface area contributed by atoms with Crippen LogP contribution in [0.4, 0.5) is 5.69 Å². The third-order valence-electron chi connectivity index (χ3n) is 3.97. The van der Waals surface area contributed by atoms with Gasteiger partial charge in [-0.25, -0.2) is 0 Å². The topological polar surface area (TPSA) is 111 Å². The maximum absolute atomic E-state index is 12.1. The van der Waals surface area contributed by atoms with Crippen molar-refractivity contribution in [2.45, 2.75) is 31.3 Å². The van der Waals surface area contributed by atoms with Crippen molar-refractivity contribution in [3.63, 3.8) is 0 Å². The van der Waals surface area contributed by atoms with Gasteiger partial charge in [-0.15, -0.1) is 0 Å². The van der Waals surface area contributed by atoms with Gasteiger partial charge in [0.05, 0.1) is 24.5 Å². The molecule has 0 radical (unpaired) electrons. The van der Waals surface area contributed by atoms with E-state index in [-0.39, 0.29) is 37.0 Å². The van der Waals surface area contributed by atoms with Gasteiger partial charge >= 0.3 is 0 Å². The van der Waals surface area contributed by atoms with E-state index in [0.717, 1.165) is 5.56 Å². The molecule has 0 aromatic heterocycles. The molecule has 0 aliphatic rings. The quantitative estimate of drug-likeness (QED) is 0.491. The summed E-state index contributed by atoms with van der Waals surface area (Å²) in [5, 5.41) is 12.3. The van der Waals surface area contributed by atoms with E-state index in [0.29, 0.717) is 18.0 Å². The Morgan fingerprint density at radius 2 is 1.73 bits per heavy atom. The molecule has 0 saturated carbocycles. The van der Waals surface area contributed by atoms with Crippen molar-refractivity contribution in [2.75, 3.05) is 31.7 Å². The van der Waals surface area contributed by atoms with Crippen LogP contribution in [-0.2, 0) is 23.8 Å². The van der Waals surface area contributed by atoms with Crippen molar-refractivity contribution in [1.82, 2.24) is 0 Å². The molecule has 1 unspecified atom stereocenters. The van der Waals surface area contributed by atoms with Crippen molar-refractivity contribution in [2.24, 2.45) is 0 Å². The van der Waals surface area contributed by atoms with E-state index >= 15 is 0 Å². The van der Waals surface area contributed by atoms with Gasteiger partial charge < -0.3 is 19.9 Å². The first-order valence-corrected chi connectivity index (χ1v) is 11.0. The number of anilines is 1. The summed E-state index contributed by atoms with van der Waals surface area (Å²) in [5.41, 5.74) is 1.47. The van der Waals surface area contributed by atoms with Gasteiger partial charge in [-0.1, -0.05) is 17.7 Å². The number of hydrogen-bond donors (Lipinski definition) is 2. The molecule has 30 heavy (non-hydrogen) atoms. The number of rotatable bonds is 12. The molecule has 0 bridgehead atoms. The lowest BCUT2D eigenvalue weighted by Gasteiger charge is -2.12. The largest absolute Gasteiger partial charge is 0.491 e. The number of ether oxygens (including phenoxy) is 2. The second kappa shape index (κ2) is 11.7. The number of amides is 1. The molecule has 0 heterocycles. The Morgan fingerprint density at radius 3 is 2.37 bits per heavy atom. The minimum absolute atomic E-state index is 0.0514. The van der Waals surface area contributed by atoms with Crippen molar-refractivity contribution in [3.8, 4) is 5.75 Å². The van der Waals surface area contributed by atoms with Crippen molar-refractivity contribution in [3.05, 3.63) is 54.1 Å². The fraction of sp³-hybridized carbons (Fsp3) is 0.381. The number of aliphatic hydroxyl groups excluding tert-OH is 1. The molecule has 164 valence electrons. The molecule has 0 aliphatic heterocycles. The number of nitrogens with one attached hydrogen (secondary N) is 1. The monoisotopic (exact) mass is 437 g/mol. The van der Waals surface area contributed by atoms with E-state index in [9.17, 15) is 18.3 Å². The van der Waals surface area contributed by atoms with Crippen molar-refractivity contribution < 1.29 is 32.0 Å². The third-order valence-corrected chi connectivity index (χ3v) is 5.30. The Bertz CT molecular complexity index is 896. The highest BCUT2D eigenvalue weighted by Crippen LogP contribution is 2.17. The Balaban J connectivity index is 1.75. The molecular formula is C21H27NO7S. The van der Waals surface area contributed by atoms with Gasteiger partial charge in [0.1, 0.15) is 18.5 Å². The zero-order valence-corrected chi connectivity index (χ0v) is 17.9. The van der Waals surface area contributed by atoms with E-state index in [1.165, 1.54) is 12.1 Å². The Kier molecular flexibility index (Phi) is 9.25. The lowest BCUT2D eigenvalue weighted by atomic mass is 10.2. The maximum Gasteiger partial charge on any atom is 0.296 e. The molecular weight excluding hydrogens is 410 g/mol. The number of carbonyl (C=O) groups is 1. The van der Waals surface area contributed by atoms with Crippen LogP contribution in [0.2, 0.25) is 0 Å². The number of carbonyl (C=O) groups excluding carboxylic acids is 1. The average Bonchev–Trinajstić information content (AvgIpc) is 2.72. The highest BCUT2D eigenvalue weighted by molar-refractivity contribution is 7.86. The first-order valence-electron chi connectivity index (χ1n) is 9.55. The fourth-order valence-electron chi connectivity index (χ4n) is 2.37. The summed E-state index contributed by atoms with van der Waals surface area (Å²) in [5.74, 6) is 0.158. The summed E-state index contributed by atoms with van der Waals surface area (Å²) < 4.78 is 39.7. The number of aryl methyl sites for hydroxylation is 1. The van der Waals surface area contributed by atoms with Crippen LogP contribution in [0, 0.1) is 6.92 Å². The predicted octanol–water partition coefficient (Wildman–Crippen LogP) is 2.51. The third kappa shape index (κ3) is 8.11. The molecule has 2 aromatic rings. The molecule has 0 spiro atoms. The molecule has 0 saturated heterocycles. The van der Waals surface area contributed by atoms with E-state index in [1.807, 2.05) is 13.8 Å². The van der Waals surface area contributed by atoms with Crippen LogP contribution in [0.3, 0.4) is 0 Å².